The van der Waals surface area contributed by atoms with Crippen LogP contribution in [0.15, 0.2) is 235 Å². The fourth-order valence-corrected chi connectivity index (χ4v) is 11.5. The van der Waals surface area contributed by atoms with Gasteiger partial charge in [-0.05, 0) is 137 Å². The van der Waals surface area contributed by atoms with E-state index in [1.165, 1.54) is 105 Å². The number of hydrogen-bond donors (Lipinski definition) is 2. The minimum atomic E-state index is -0.422. The second-order valence-electron chi connectivity index (χ2n) is 18.2. The van der Waals surface area contributed by atoms with Crippen molar-refractivity contribution in [2.45, 2.75) is 12.3 Å². The Morgan fingerprint density at radius 3 is 1.68 bits per heavy atom. The second-order valence-corrected chi connectivity index (χ2v) is 18.2. The topological polar surface area (TPSA) is 63.0 Å². The Kier molecular flexibility index (Phi) is 8.96. The van der Waals surface area contributed by atoms with Gasteiger partial charge in [0.15, 0.2) is 0 Å². The highest BCUT2D eigenvalue weighted by Crippen LogP contribution is 2.64. The van der Waals surface area contributed by atoms with E-state index in [9.17, 15) is 0 Å². The van der Waals surface area contributed by atoms with Crippen LogP contribution in [0.3, 0.4) is 0 Å². The number of aryl methyl sites for hydroxylation is 1. The molecule has 320 valence electrons. The highest BCUT2D eigenvalue weighted by Gasteiger charge is 2.52. The fourth-order valence-electron chi connectivity index (χ4n) is 11.5. The fraction of sp³-hybridized carbons (Fsp3) is 0.0308. The van der Waals surface area contributed by atoms with Gasteiger partial charge in [0.25, 0.3) is 0 Å². The Bertz CT molecular complexity index is 3960. The minimum Gasteiger partial charge on any atom is -0.456 e. The molecule has 0 bridgehead atoms. The summed E-state index contributed by atoms with van der Waals surface area (Å²) in [7, 11) is 0. The van der Waals surface area contributed by atoms with Crippen molar-refractivity contribution in [2.75, 3.05) is 0 Å². The molecule has 0 amide bonds. The van der Waals surface area contributed by atoms with Crippen LogP contribution >= 0.6 is 0 Å². The molecule has 2 aliphatic rings. The average molecular weight is 869 g/mol. The maximum absolute atomic E-state index is 7.95. The van der Waals surface area contributed by atoms with E-state index < -0.39 is 5.41 Å². The number of rotatable bonds is 5. The summed E-state index contributed by atoms with van der Waals surface area (Å²) in [6.07, 6.45) is 1.69. The normalized spacial score (nSPS) is 13.1. The van der Waals surface area contributed by atoms with Crippen molar-refractivity contribution in [3.8, 4) is 44.5 Å². The van der Waals surface area contributed by atoms with Gasteiger partial charge < -0.3 is 15.6 Å². The summed E-state index contributed by atoms with van der Waals surface area (Å²) in [6, 6.07) is 80.5. The monoisotopic (exact) mass is 868 g/mol. The number of fused-ring (bicyclic) bond motifs is 13. The molecule has 1 aromatic heterocycles. The van der Waals surface area contributed by atoms with Gasteiger partial charge in [0.1, 0.15) is 11.2 Å². The van der Waals surface area contributed by atoms with E-state index in [1.807, 2.05) is 60.7 Å². The molecule has 3 N–H and O–H groups in total. The predicted molar refractivity (Wildman–Crippen MR) is 284 cm³/mol. The van der Waals surface area contributed by atoms with E-state index in [0.717, 1.165) is 22.3 Å². The maximum Gasteiger partial charge on any atom is 0.136 e. The van der Waals surface area contributed by atoms with Gasteiger partial charge in [-0.2, -0.15) is 0 Å². The summed E-state index contributed by atoms with van der Waals surface area (Å²) >= 11 is 0. The summed E-state index contributed by atoms with van der Waals surface area (Å²) in [5, 5.41) is 15.4. The summed E-state index contributed by atoms with van der Waals surface area (Å²) in [5.41, 5.74) is 27.3. The van der Waals surface area contributed by atoms with Crippen LogP contribution in [-0.4, -0.2) is 5.71 Å². The van der Waals surface area contributed by atoms with Crippen LogP contribution in [-0.2, 0) is 5.41 Å². The minimum absolute atomic E-state index is 0.422. The zero-order valence-corrected chi connectivity index (χ0v) is 37.4. The van der Waals surface area contributed by atoms with Gasteiger partial charge in [-0.25, -0.2) is 0 Å². The second kappa shape index (κ2) is 15.4. The van der Waals surface area contributed by atoms with Crippen LogP contribution in [0, 0.1) is 12.3 Å². The molecule has 12 aromatic rings. The number of hydrogen-bond acceptors (Lipinski definition) is 3. The van der Waals surface area contributed by atoms with Crippen molar-refractivity contribution in [1.82, 2.24) is 0 Å². The molecule has 0 radical (unpaired) electrons. The molecule has 3 heteroatoms. The Morgan fingerprint density at radius 1 is 0.426 bits per heavy atom. The van der Waals surface area contributed by atoms with Crippen LogP contribution < -0.4 is 5.73 Å². The highest BCUT2D eigenvalue weighted by molar-refractivity contribution is 6.33. The molecule has 68 heavy (non-hydrogen) atoms. The zero-order chi connectivity index (χ0) is 45.5. The third-order valence-corrected chi connectivity index (χ3v) is 14.4. The van der Waals surface area contributed by atoms with Crippen LogP contribution in [0.25, 0.3) is 93.7 Å². The standard InChI is InChI=1S/C50H30O.C15H14N2/c1-29-10-6-11-30(26-29)31-22-25-39-44(28-31)50(41-17-4-2-12-35(41)36-13-3-5-18-42(36)50)43-19-7-14-33(47(39)43)32-23-24-34-37-15-8-20-45-48(37)49-38(40(34)27-32)16-9-21-46(49)51-45;16-14(12-7-3-1-4-8-12)11-15(17)13-9-5-2-6-10-13/h2-28H,1H3;1-11,16H,17H2/b;15-11-,16-14?. The Labute approximate surface area is 394 Å². The number of benzene rings is 11. The summed E-state index contributed by atoms with van der Waals surface area (Å²) in [5.74, 6) is 0. The molecular weight excluding hydrogens is 825 g/mol. The predicted octanol–water partition coefficient (Wildman–Crippen LogP) is 16.4. The lowest BCUT2D eigenvalue weighted by Gasteiger charge is -2.31. The maximum atomic E-state index is 7.95. The number of allylic oxidation sites excluding steroid dienone is 1. The smallest absolute Gasteiger partial charge is 0.136 e. The van der Waals surface area contributed by atoms with Crippen LogP contribution in [0.2, 0.25) is 0 Å². The quantitative estimate of drug-likeness (QED) is 0.134. The molecule has 11 aromatic carbocycles. The van der Waals surface area contributed by atoms with Crippen molar-refractivity contribution in [3.05, 3.63) is 269 Å². The SMILES string of the molecule is Cc1cccc(-c2ccc3c(c2)C2(c4ccccc4-c4ccccc42)c2cccc(-c4ccc5c(c4)c4cccc6oc7cccc5c7c64)c2-3)c1.N=C(/C=C(\N)c1ccccc1)c1ccccc1. The van der Waals surface area contributed by atoms with Gasteiger partial charge in [0.05, 0.1) is 11.1 Å². The molecule has 0 saturated carbocycles. The van der Waals surface area contributed by atoms with Crippen molar-refractivity contribution in [1.29, 1.82) is 5.41 Å². The van der Waals surface area contributed by atoms with E-state index in [0.29, 0.717) is 11.4 Å². The van der Waals surface area contributed by atoms with Crippen molar-refractivity contribution in [2.24, 2.45) is 5.73 Å². The molecule has 0 fully saturated rings. The first-order valence-electron chi connectivity index (χ1n) is 23.3. The average Bonchev–Trinajstić information content (AvgIpc) is 4.03. The Morgan fingerprint density at radius 2 is 0.985 bits per heavy atom. The molecule has 1 heterocycles. The van der Waals surface area contributed by atoms with Crippen molar-refractivity contribution >= 4 is 54.9 Å². The molecule has 0 aliphatic heterocycles. The first-order valence-corrected chi connectivity index (χ1v) is 23.3. The number of furan rings is 1. The highest BCUT2D eigenvalue weighted by atomic mass is 16.3. The Balaban J connectivity index is 0.000000229. The zero-order valence-electron chi connectivity index (χ0n) is 37.4. The van der Waals surface area contributed by atoms with Crippen LogP contribution in [0.4, 0.5) is 0 Å². The first kappa shape index (κ1) is 39.6. The summed E-state index contributed by atoms with van der Waals surface area (Å²) in [6.45, 7) is 2.18. The van der Waals surface area contributed by atoms with Crippen LogP contribution in [0.1, 0.15) is 38.9 Å². The molecule has 0 unspecified atom stereocenters. The largest absolute Gasteiger partial charge is 0.456 e. The summed E-state index contributed by atoms with van der Waals surface area (Å²) in [4.78, 5) is 0. The van der Waals surface area contributed by atoms with Crippen molar-refractivity contribution < 1.29 is 4.42 Å². The van der Waals surface area contributed by atoms with Gasteiger partial charge >= 0.3 is 0 Å². The molecule has 0 atom stereocenters. The van der Waals surface area contributed by atoms with Gasteiger partial charge in [0.2, 0.25) is 0 Å². The lowest BCUT2D eigenvalue weighted by Crippen LogP contribution is -2.25. The van der Waals surface area contributed by atoms with E-state index in [1.54, 1.807) is 6.08 Å². The third kappa shape index (κ3) is 5.89. The van der Waals surface area contributed by atoms with Crippen LogP contribution in [0.5, 0.6) is 0 Å². The lowest BCUT2D eigenvalue weighted by molar-refractivity contribution is 0.669. The molecule has 14 rings (SSSR count). The molecule has 3 nitrogen and oxygen atoms in total. The van der Waals surface area contributed by atoms with E-state index >= 15 is 0 Å². The van der Waals surface area contributed by atoms with E-state index in [4.69, 9.17) is 15.6 Å². The van der Waals surface area contributed by atoms with Gasteiger partial charge in [-0.3, -0.25) is 0 Å². The third-order valence-electron chi connectivity index (χ3n) is 14.4. The van der Waals surface area contributed by atoms with Gasteiger partial charge in [0, 0.05) is 16.5 Å². The van der Waals surface area contributed by atoms with Gasteiger partial charge in [-0.1, -0.05) is 206 Å². The number of nitrogens with one attached hydrogen (secondary N) is 1. The van der Waals surface area contributed by atoms with Crippen molar-refractivity contribution in [3.63, 3.8) is 0 Å². The molecule has 2 aliphatic carbocycles. The Hall–Kier alpha value is -8.79. The molecular formula is C65H44N2O. The number of nitrogens with two attached hydrogens (primary N) is 1. The summed E-state index contributed by atoms with van der Waals surface area (Å²) < 4.78 is 6.36. The van der Waals surface area contributed by atoms with E-state index in [2.05, 4.69) is 171 Å². The first-order chi connectivity index (χ1) is 33.5. The van der Waals surface area contributed by atoms with E-state index in [-0.39, 0.29) is 0 Å². The lowest BCUT2D eigenvalue weighted by atomic mass is 9.70. The molecule has 0 saturated heterocycles. The molecule has 1 spiro atoms. The van der Waals surface area contributed by atoms with Gasteiger partial charge in [-0.15, -0.1) is 0 Å².